The summed E-state index contributed by atoms with van der Waals surface area (Å²) in [6.07, 6.45) is -1.10. The standard InChI is InChI=1S/C24H27F3N2O2S/c1-3-32-28-23-18(25)13-29(24(30)20-10-11-31-20)19(23)12-15-7-5-9-17(22(15)27)16-8-4-6-14(2)21(16)26/h4-9,18-20,23,28H,3,10-13H2,1-2H3/t18-,19-,20?,23-/m0/s1. The molecule has 0 aromatic heterocycles. The van der Waals surface area contributed by atoms with Crippen molar-refractivity contribution < 1.29 is 22.7 Å². The van der Waals surface area contributed by atoms with Crippen molar-refractivity contribution in [1.82, 2.24) is 9.62 Å². The van der Waals surface area contributed by atoms with Crippen molar-refractivity contribution in [3.8, 4) is 11.1 Å². The van der Waals surface area contributed by atoms with Gasteiger partial charge in [-0.15, -0.1) is 0 Å². The van der Waals surface area contributed by atoms with E-state index in [1.54, 1.807) is 37.3 Å². The lowest BCUT2D eigenvalue weighted by Crippen LogP contribution is -2.51. The molecule has 2 fully saturated rings. The number of likely N-dealkylation sites (tertiary alicyclic amines) is 1. The Hall–Kier alpha value is -2.03. The molecule has 2 aliphatic heterocycles. The van der Waals surface area contributed by atoms with Crippen LogP contribution in [0, 0.1) is 18.6 Å². The van der Waals surface area contributed by atoms with Crippen LogP contribution in [0.3, 0.4) is 0 Å². The minimum absolute atomic E-state index is 0.0564. The third kappa shape index (κ3) is 4.40. The van der Waals surface area contributed by atoms with E-state index in [2.05, 4.69) is 4.72 Å². The molecule has 0 bridgehead atoms. The van der Waals surface area contributed by atoms with Gasteiger partial charge in [0.25, 0.3) is 5.91 Å². The van der Waals surface area contributed by atoms with Gasteiger partial charge in [0.05, 0.1) is 25.2 Å². The highest BCUT2D eigenvalue weighted by Crippen LogP contribution is 2.33. The second-order valence-corrected chi connectivity index (χ2v) is 9.32. The third-order valence-electron chi connectivity index (χ3n) is 6.19. The molecule has 172 valence electrons. The van der Waals surface area contributed by atoms with Crippen LogP contribution in [-0.4, -0.2) is 54.1 Å². The minimum atomic E-state index is -1.27. The zero-order valence-electron chi connectivity index (χ0n) is 18.1. The highest BCUT2D eigenvalue weighted by molar-refractivity contribution is 7.97. The molecular weight excluding hydrogens is 437 g/mol. The van der Waals surface area contributed by atoms with Gasteiger partial charge in [0.2, 0.25) is 0 Å². The van der Waals surface area contributed by atoms with E-state index in [9.17, 15) is 13.6 Å². The molecule has 2 aliphatic rings. The summed E-state index contributed by atoms with van der Waals surface area (Å²) in [6, 6.07) is 8.47. The topological polar surface area (TPSA) is 41.6 Å². The number of amides is 1. The van der Waals surface area contributed by atoms with Crippen LogP contribution in [0.5, 0.6) is 0 Å². The smallest absolute Gasteiger partial charge is 0.252 e. The van der Waals surface area contributed by atoms with E-state index < -0.39 is 36.0 Å². The first kappa shape index (κ1) is 23.1. The maximum atomic E-state index is 15.5. The summed E-state index contributed by atoms with van der Waals surface area (Å²) in [5.41, 5.74) is 1.10. The van der Waals surface area contributed by atoms with Crippen LogP contribution in [0.15, 0.2) is 36.4 Å². The van der Waals surface area contributed by atoms with Gasteiger partial charge in [-0.05, 0) is 24.5 Å². The van der Waals surface area contributed by atoms with E-state index in [0.717, 1.165) is 5.75 Å². The van der Waals surface area contributed by atoms with E-state index in [0.29, 0.717) is 24.2 Å². The molecule has 0 radical (unpaired) electrons. The first-order valence-corrected chi connectivity index (χ1v) is 11.9. The van der Waals surface area contributed by atoms with Crippen LogP contribution in [0.1, 0.15) is 24.5 Å². The van der Waals surface area contributed by atoms with Crippen LogP contribution < -0.4 is 4.72 Å². The Morgan fingerprint density at radius 2 is 1.88 bits per heavy atom. The van der Waals surface area contributed by atoms with E-state index in [1.165, 1.54) is 22.9 Å². The summed E-state index contributed by atoms with van der Waals surface area (Å²) >= 11 is 1.37. The predicted octanol–water partition coefficient (Wildman–Crippen LogP) is 4.45. The number of hydrogen-bond donors (Lipinski definition) is 1. The van der Waals surface area contributed by atoms with Crippen molar-refractivity contribution in [3.63, 3.8) is 0 Å². The summed E-state index contributed by atoms with van der Waals surface area (Å²) in [6.45, 7) is 4.03. The van der Waals surface area contributed by atoms with Crippen LogP contribution >= 0.6 is 11.9 Å². The van der Waals surface area contributed by atoms with Crippen molar-refractivity contribution in [3.05, 3.63) is 59.2 Å². The monoisotopic (exact) mass is 464 g/mol. The van der Waals surface area contributed by atoms with Gasteiger partial charge >= 0.3 is 0 Å². The van der Waals surface area contributed by atoms with Gasteiger partial charge in [-0.25, -0.2) is 13.2 Å². The molecule has 2 heterocycles. The van der Waals surface area contributed by atoms with Gasteiger partial charge in [-0.3, -0.25) is 9.52 Å². The van der Waals surface area contributed by atoms with Gasteiger partial charge in [-0.1, -0.05) is 55.3 Å². The Bertz CT molecular complexity index is 986. The molecule has 2 aromatic carbocycles. The number of hydrogen-bond acceptors (Lipinski definition) is 4. The maximum Gasteiger partial charge on any atom is 0.252 e. The molecule has 2 aromatic rings. The Balaban J connectivity index is 1.66. The lowest BCUT2D eigenvalue weighted by molar-refractivity contribution is -0.157. The Kier molecular flexibility index (Phi) is 7.12. The third-order valence-corrected chi connectivity index (χ3v) is 6.91. The molecule has 1 unspecified atom stereocenters. The minimum Gasteiger partial charge on any atom is -0.368 e. The summed E-state index contributed by atoms with van der Waals surface area (Å²) in [5, 5.41) is 0. The van der Waals surface area contributed by atoms with Gasteiger partial charge in [0.15, 0.2) is 0 Å². The average Bonchev–Trinajstić information content (AvgIpc) is 3.04. The molecule has 0 aliphatic carbocycles. The van der Waals surface area contributed by atoms with Gasteiger partial charge in [-0.2, -0.15) is 0 Å². The Labute approximate surface area is 190 Å². The molecule has 32 heavy (non-hydrogen) atoms. The molecule has 4 atom stereocenters. The van der Waals surface area contributed by atoms with Gasteiger partial charge in [0.1, 0.15) is 23.9 Å². The highest BCUT2D eigenvalue weighted by atomic mass is 32.2. The van der Waals surface area contributed by atoms with E-state index in [4.69, 9.17) is 4.74 Å². The van der Waals surface area contributed by atoms with Crippen molar-refractivity contribution in [1.29, 1.82) is 0 Å². The lowest BCUT2D eigenvalue weighted by atomic mass is 9.94. The molecule has 0 spiro atoms. The van der Waals surface area contributed by atoms with Gasteiger partial charge < -0.3 is 9.64 Å². The van der Waals surface area contributed by atoms with Crippen LogP contribution in [0.4, 0.5) is 13.2 Å². The summed E-state index contributed by atoms with van der Waals surface area (Å²) in [5.74, 6) is -0.540. The second kappa shape index (κ2) is 9.85. The average molecular weight is 465 g/mol. The quantitative estimate of drug-likeness (QED) is 0.615. The fourth-order valence-electron chi connectivity index (χ4n) is 4.34. The second-order valence-electron chi connectivity index (χ2n) is 8.22. The largest absolute Gasteiger partial charge is 0.368 e. The SMILES string of the molecule is CCSN[C@H]1[C@@H](F)CN(C(=O)C2CCO2)[C@H]1Cc1cccc(-c2cccc(C)c2F)c1F. The number of halogens is 3. The van der Waals surface area contributed by atoms with Crippen LogP contribution in [0.2, 0.25) is 0 Å². The van der Waals surface area contributed by atoms with Crippen molar-refractivity contribution >= 4 is 17.9 Å². The van der Waals surface area contributed by atoms with Crippen LogP contribution in [0.25, 0.3) is 11.1 Å². The number of ether oxygens (including phenoxy) is 1. The number of nitrogens with one attached hydrogen (secondary N) is 1. The number of nitrogens with zero attached hydrogens (tertiary/aromatic N) is 1. The molecule has 0 saturated carbocycles. The Morgan fingerprint density at radius 3 is 2.53 bits per heavy atom. The van der Waals surface area contributed by atoms with E-state index in [1.807, 2.05) is 6.92 Å². The van der Waals surface area contributed by atoms with E-state index in [-0.39, 0.29) is 30.0 Å². The number of aryl methyl sites for hydroxylation is 1. The zero-order chi connectivity index (χ0) is 22.8. The fourth-order valence-corrected chi connectivity index (χ4v) is 5.00. The normalized spacial score (nSPS) is 25.1. The highest BCUT2D eigenvalue weighted by Gasteiger charge is 2.47. The molecule has 8 heteroatoms. The number of carbonyl (C=O) groups is 1. The molecule has 1 amide bonds. The lowest BCUT2D eigenvalue weighted by Gasteiger charge is -2.34. The molecular formula is C24H27F3N2O2S. The maximum absolute atomic E-state index is 15.5. The van der Waals surface area contributed by atoms with Crippen molar-refractivity contribution in [2.75, 3.05) is 18.9 Å². The molecule has 1 N–H and O–H groups in total. The predicted molar refractivity (Wildman–Crippen MR) is 120 cm³/mol. The van der Waals surface area contributed by atoms with Crippen LogP contribution in [-0.2, 0) is 16.0 Å². The molecule has 4 rings (SSSR count). The molecule has 4 nitrogen and oxygen atoms in total. The first-order valence-electron chi connectivity index (χ1n) is 10.9. The first-order chi connectivity index (χ1) is 15.4. The van der Waals surface area contributed by atoms with E-state index >= 15 is 4.39 Å². The van der Waals surface area contributed by atoms with Crippen molar-refractivity contribution in [2.24, 2.45) is 0 Å². The number of benzene rings is 2. The molecule has 2 saturated heterocycles. The zero-order valence-corrected chi connectivity index (χ0v) is 18.9. The Morgan fingerprint density at radius 1 is 1.19 bits per heavy atom. The van der Waals surface area contributed by atoms with Crippen molar-refractivity contribution in [2.45, 2.75) is 51.0 Å². The summed E-state index contributed by atoms with van der Waals surface area (Å²) in [7, 11) is 0. The van der Waals surface area contributed by atoms with Gasteiger partial charge in [0, 0.05) is 23.3 Å². The summed E-state index contributed by atoms with van der Waals surface area (Å²) in [4.78, 5) is 14.4. The fraction of sp³-hybridized carbons (Fsp3) is 0.458. The number of rotatable bonds is 7. The summed E-state index contributed by atoms with van der Waals surface area (Å²) < 4.78 is 53.6. The number of alkyl halides is 1. The number of carbonyl (C=O) groups excluding carboxylic acids is 1.